The minimum absolute atomic E-state index is 0.130. The highest BCUT2D eigenvalue weighted by molar-refractivity contribution is 7.91. The molecule has 2 aromatic carbocycles. The number of carbonyl (C=O) groups is 1. The molecule has 0 atom stereocenters. The monoisotopic (exact) mass is 303 g/mol. The summed E-state index contributed by atoms with van der Waals surface area (Å²) in [5.74, 6) is -1.17. The van der Waals surface area contributed by atoms with Gasteiger partial charge in [-0.2, -0.15) is 0 Å². The van der Waals surface area contributed by atoms with E-state index in [2.05, 4.69) is 5.32 Å². The van der Waals surface area contributed by atoms with E-state index in [0.29, 0.717) is 11.3 Å². The fourth-order valence-corrected chi connectivity index (χ4v) is 3.19. The first-order chi connectivity index (χ1) is 9.94. The first-order valence-electron chi connectivity index (χ1n) is 6.55. The average molecular weight is 303 g/mol. The molecule has 21 heavy (non-hydrogen) atoms. The predicted octanol–water partition coefficient (Wildman–Crippen LogP) is 2.55. The van der Waals surface area contributed by atoms with Crippen molar-refractivity contribution in [2.24, 2.45) is 0 Å². The second kappa shape index (κ2) is 6.54. The van der Waals surface area contributed by atoms with Gasteiger partial charge in [0.25, 0.3) is 0 Å². The van der Waals surface area contributed by atoms with Crippen LogP contribution in [0.25, 0.3) is 0 Å². The van der Waals surface area contributed by atoms with Crippen molar-refractivity contribution in [2.75, 3.05) is 11.1 Å². The molecule has 0 spiro atoms. The SMILES string of the molecule is Cc1ccc(NC(=O)CS(=O)(=O)Cc2ccccc2)cc1. The van der Waals surface area contributed by atoms with Crippen molar-refractivity contribution in [1.82, 2.24) is 0 Å². The number of nitrogens with one attached hydrogen (secondary N) is 1. The molecule has 0 radical (unpaired) electrons. The Kier molecular flexibility index (Phi) is 4.75. The number of rotatable bonds is 5. The zero-order valence-electron chi connectivity index (χ0n) is 11.7. The van der Waals surface area contributed by atoms with Gasteiger partial charge in [-0.05, 0) is 24.6 Å². The average Bonchev–Trinajstić information content (AvgIpc) is 2.41. The number of hydrogen-bond donors (Lipinski definition) is 1. The standard InChI is InChI=1S/C16H17NO3S/c1-13-7-9-15(10-8-13)17-16(18)12-21(19,20)11-14-5-3-2-4-6-14/h2-10H,11-12H2,1H3,(H,17,18). The maximum absolute atomic E-state index is 12.0. The molecule has 0 fully saturated rings. The summed E-state index contributed by atoms with van der Waals surface area (Å²) >= 11 is 0. The van der Waals surface area contributed by atoms with Crippen molar-refractivity contribution < 1.29 is 13.2 Å². The van der Waals surface area contributed by atoms with Crippen LogP contribution in [-0.2, 0) is 20.4 Å². The number of sulfone groups is 1. The first kappa shape index (κ1) is 15.3. The van der Waals surface area contributed by atoms with Gasteiger partial charge in [-0.3, -0.25) is 4.79 Å². The minimum Gasteiger partial charge on any atom is -0.325 e. The van der Waals surface area contributed by atoms with Gasteiger partial charge in [-0.1, -0.05) is 48.0 Å². The molecule has 0 aliphatic carbocycles. The molecule has 1 amide bonds. The normalized spacial score (nSPS) is 11.1. The second-order valence-corrected chi connectivity index (χ2v) is 7.00. The fraction of sp³-hybridized carbons (Fsp3) is 0.188. The Hall–Kier alpha value is -2.14. The minimum atomic E-state index is -3.47. The van der Waals surface area contributed by atoms with E-state index in [4.69, 9.17) is 0 Å². The van der Waals surface area contributed by atoms with Gasteiger partial charge in [0.15, 0.2) is 9.84 Å². The fourth-order valence-electron chi connectivity index (χ4n) is 1.91. The number of hydrogen-bond acceptors (Lipinski definition) is 3. The molecule has 0 saturated carbocycles. The third-order valence-corrected chi connectivity index (χ3v) is 4.39. The Bertz CT molecular complexity index is 707. The quantitative estimate of drug-likeness (QED) is 0.923. The largest absolute Gasteiger partial charge is 0.325 e. The van der Waals surface area contributed by atoms with E-state index < -0.39 is 21.5 Å². The highest BCUT2D eigenvalue weighted by Crippen LogP contribution is 2.10. The molecule has 0 aliphatic heterocycles. The molecule has 0 bridgehead atoms. The van der Waals surface area contributed by atoms with Crippen LogP contribution in [0.3, 0.4) is 0 Å². The van der Waals surface area contributed by atoms with Crippen LogP contribution in [0.5, 0.6) is 0 Å². The Morgan fingerprint density at radius 3 is 2.24 bits per heavy atom. The third-order valence-electron chi connectivity index (χ3n) is 2.92. The smallest absolute Gasteiger partial charge is 0.239 e. The molecule has 1 N–H and O–H groups in total. The predicted molar refractivity (Wildman–Crippen MR) is 83.7 cm³/mol. The summed E-state index contributed by atoms with van der Waals surface area (Å²) in [5, 5.41) is 2.59. The Morgan fingerprint density at radius 2 is 1.62 bits per heavy atom. The first-order valence-corrected chi connectivity index (χ1v) is 8.38. The number of anilines is 1. The molecule has 0 heterocycles. The Balaban J connectivity index is 1.96. The highest BCUT2D eigenvalue weighted by Gasteiger charge is 2.17. The van der Waals surface area contributed by atoms with Crippen molar-refractivity contribution in [3.8, 4) is 0 Å². The molecule has 4 nitrogen and oxygen atoms in total. The van der Waals surface area contributed by atoms with E-state index in [9.17, 15) is 13.2 Å². The van der Waals surface area contributed by atoms with Crippen molar-refractivity contribution in [3.63, 3.8) is 0 Å². The molecule has 0 saturated heterocycles. The zero-order chi connectivity index (χ0) is 15.3. The van der Waals surface area contributed by atoms with Gasteiger partial charge < -0.3 is 5.32 Å². The van der Waals surface area contributed by atoms with Crippen LogP contribution in [0.4, 0.5) is 5.69 Å². The third kappa shape index (κ3) is 5.04. The molecule has 5 heteroatoms. The Morgan fingerprint density at radius 1 is 1.00 bits per heavy atom. The summed E-state index contributed by atoms with van der Waals surface area (Å²) in [6.45, 7) is 1.94. The summed E-state index contributed by atoms with van der Waals surface area (Å²) in [6.07, 6.45) is 0. The lowest BCUT2D eigenvalue weighted by atomic mass is 10.2. The lowest BCUT2D eigenvalue weighted by Gasteiger charge is -2.07. The number of aryl methyl sites for hydroxylation is 1. The maximum Gasteiger partial charge on any atom is 0.239 e. The van der Waals surface area contributed by atoms with Gasteiger partial charge in [0, 0.05) is 5.69 Å². The van der Waals surface area contributed by atoms with Gasteiger partial charge in [0.1, 0.15) is 5.75 Å². The zero-order valence-corrected chi connectivity index (χ0v) is 12.6. The maximum atomic E-state index is 12.0. The van der Waals surface area contributed by atoms with E-state index >= 15 is 0 Å². The lowest BCUT2D eigenvalue weighted by Crippen LogP contribution is -2.23. The summed E-state index contributed by atoms with van der Waals surface area (Å²) in [4.78, 5) is 11.8. The summed E-state index contributed by atoms with van der Waals surface area (Å²) < 4.78 is 24.0. The summed E-state index contributed by atoms with van der Waals surface area (Å²) in [5.41, 5.74) is 2.35. The van der Waals surface area contributed by atoms with Crippen LogP contribution in [0, 0.1) is 6.92 Å². The van der Waals surface area contributed by atoms with Crippen molar-refractivity contribution in [3.05, 3.63) is 65.7 Å². The molecule has 110 valence electrons. The van der Waals surface area contributed by atoms with Gasteiger partial charge in [-0.15, -0.1) is 0 Å². The van der Waals surface area contributed by atoms with Crippen LogP contribution in [0.1, 0.15) is 11.1 Å². The van der Waals surface area contributed by atoms with Gasteiger partial charge in [0.2, 0.25) is 5.91 Å². The number of carbonyl (C=O) groups excluding carboxylic acids is 1. The van der Waals surface area contributed by atoms with E-state index in [0.717, 1.165) is 5.56 Å². The summed E-state index contributed by atoms with van der Waals surface area (Å²) in [7, 11) is -3.47. The van der Waals surface area contributed by atoms with Crippen molar-refractivity contribution >= 4 is 21.4 Å². The van der Waals surface area contributed by atoms with E-state index in [1.807, 2.05) is 25.1 Å². The highest BCUT2D eigenvalue weighted by atomic mass is 32.2. The van der Waals surface area contributed by atoms with Gasteiger partial charge >= 0.3 is 0 Å². The molecule has 0 aliphatic rings. The van der Waals surface area contributed by atoms with Gasteiger partial charge in [-0.25, -0.2) is 8.42 Å². The van der Waals surface area contributed by atoms with Crippen LogP contribution in [-0.4, -0.2) is 20.1 Å². The van der Waals surface area contributed by atoms with Crippen molar-refractivity contribution in [1.29, 1.82) is 0 Å². The second-order valence-electron chi connectivity index (χ2n) is 4.93. The van der Waals surface area contributed by atoms with E-state index in [1.54, 1.807) is 36.4 Å². The lowest BCUT2D eigenvalue weighted by molar-refractivity contribution is -0.113. The molecule has 2 rings (SSSR count). The molecular formula is C16H17NO3S. The van der Waals surface area contributed by atoms with Crippen LogP contribution >= 0.6 is 0 Å². The Labute approximate surface area is 124 Å². The topological polar surface area (TPSA) is 63.2 Å². The number of benzene rings is 2. The van der Waals surface area contributed by atoms with E-state index in [-0.39, 0.29) is 5.75 Å². The van der Waals surface area contributed by atoms with Crippen LogP contribution < -0.4 is 5.32 Å². The summed E-state index contributed by atoms with van der Waals surface area (Å²) in [6, 6.07) is 16.0. The number of amides is 1. The molecule has 0 aromatic heterocycles. The molecule has 0 unspecified atom stereocenters. The molecular weight excluding hydrogens is 286 g/mol. The van der Waals surface area contributed by atoms with Gasteiger partial charge in [0.05, 0.1) is 5.75 Å². The van der Waals surface area contributed by atoms with Crippen LogP contribution in [0.2, 0.25) is 0 Å². The van der Waals surface area contributed by atoms with E-state index in [1.165, 1.54) is 0 Å². The van der Waals surface area contributed by atoms with Crippen LogP contribution in [0.15, 0.2) is 54.6 Å². The molecule has 2 aromatic rings. The van der Waals surface area contributed by atoms with Crippen molar-refractivity contribution in [2.45, 2.75) is 12.7 Å².